The molecule has 2 saturated heterocycles. The number of fused-ring (bicyclic) bond motifs is 4. The Balaban J connectivity index is 1.34. The van der Waals surface area contributed by atoms with E-state index in [-0.39, 0.29) is 35.8 Å². The smallest absolute Gasteiger partial charge is 0.238 e. The summed E-state index contributed by atoms with van der Waals surface area (Å²) in [6, 6.07) is 19.4. The number of carbonyl (C=O) groups excluding carboxylic acids is 4. The zero-order valence-electron chi connectivity index (χ0n) is 22.9. The van der Waals surface area contributed by atoms with Gasteiger partial charge in [-0.2, -0.15) is 0 Å². The molecule has 3 aromatic rings. The monoisotopic (exact) mass is 800 g/mol. The number of ether oxygens (including phenoxy) is 1. The number of benzene rings is 3. The standard InChI is InChI=1S/C33H26I2N2O6/c1-43-20-10-11-22(26(38)14-20)27-21-12-13-23-28(32(41)36(30(23)39)18-6-2-16(34)3-7-18)24(21)15-25-29(27)33(42)37(31(25)40)19-8-4-17(35)5-9-19/h2-12,14,23-25,27-29,38H,13,15H2,1H3. The van der Waals surface area contributed by atoms with E-state index in [1.807, 2.05) is 30.3 Å². The number of nitrogens with zero attached hydrogens (tertiary/aromatic N) is 2. The Hall–Kier alpha value is -3.26. The van der Waals surface area contributed by atoms with Crippen LogP contribution in [-0.4, -0.2) is 35.8 Å². The number of halogens is 2. The number of rotatable bonds is 4. The fourth-order valence-corrected chi connectivity index (χ4v) is 8.26. The maximum atomic E-state index is 14.2. The largest absolute Gasteiger partial charge is 0.508 e. The van der Waals surface area contributed by atoms with Crippen LogP contribution in [0, 0.1) is 36.7 Å². The van der Waals surface area contributed by atoms with Crippen molar-refractivity contribution in [1.29, 1.82) is 0 Å². The van der Waals surface area contributed by atoms with Gasteiger partial charge in [-0.25, -0.2) is 0 Å². The topological polar surface area (TPSA) is 104 Å². The number of hydrogen-bond acceptors (Lipinski definition) is 6. The third-order valence-electron chi connectivity index (χ3n) is 9.39. The van der Waals surface area contributed by atoms with Gasteiger partial charge in [0, 0.05) is 24.7 Å². The highest BCUT2D eigenvalue weighted by atomic mass is 127. The molecule has 6 unspecified atom stereocenters. The average Bonchev–Trinajstić information content (AvgIpc) is 3.41. The van der Waals surface area contributed by atoms with Crippen molar-refractivity contribution in [3.63, 3.8) is 0 Å². The molecular weight excluding hydrogens is 774 g/mol. The molecule has 6 atom stereocenters. The van der Waals surface area contributed by atoms with Crippen molar-refractivity contribution in [2.45, 2.75) is 18.8 Å². The summed E-state index contributed by atoms with van der Waals surface area (Å²) in [5.41, 5.74) is 2.36. The molecule has 4 aliphatic rings. The summed E-state index contributed by atoms with van der Waals surface area (Å²) in [6.45, 7) is 0. The van der Waals surface area contributed by atoms with Crippen molar-refractivity contribution in [3.8, 4) is 11.5 Å². The van der Waals surface area contributed by atoms with E-state index < -0.39 is 35.5 Å². The lowest BCUT2D eigenvalue weighted by molar-refractivity contribution is -0.126. The first-order valence-corrected chi connectivity index (χ1v) is 16.2. The third kappa shape index (κ3) is 4.42. The molecule has 0 bridgehead atoms. The van der Waals surface area contributed by atoms with Crippen LogP contribution in [0.15, 0.2) is 78.4 Å². The van der Waals surface area contributed by atoms with Crippen molar-refractivity contribution < 1.29 is 29.0 Å². The highest BCUT2D eigenvalue weighted by molar-refractivity contribution is 14.1. The quantitative estimate of drug-likeness (QED) is 0.208. The van der Waals surface area contributed by atoms with E-state index in [0.717, 1.165) is 12.7 Å². The third-order valence-corrected chi connectivity index (χ3v) is 10.8. The van der Waals surface area contributed by atoms with Crippen LogP contribution in [0.25, 0.3) is 0 Å². The van der Waals surface area contributed by atoms with Gasteiger partial charge >= 0.3 is 0 Å². The molecule has 2 heterocycles. The van der Waals surface area contributed by atoms with Gasteiger partial charge < -0.3 is 9.84 Å². The lowest BCUT2D eigenvalue weighted by Crippen LogP contribution is -2.43. The minimum absolute atomic E-state index is 0.0472. The number of carbonyl (C=O) groups is 4. The summed E-state index contributed by atoms with van der Waals surface area (Å²) < 4.78 is 7.27. The van der Waals surface area contributed by atoms with E-state index >= 15 is 0 Å². The molecule has 3 aromatic carbocycles. The molecule has 0 radical (unpaired) electrons. The van der Waals surface area contributed by atoms with Crippen molar-refractivity contribution in [3.05, 3.63) is 91.1 Å². The Morgan fingerprint density at radius 3 is 1.84 bits per heavy atom. The van der Waals surface area contributed by atoms with Crippen LogP contribution in [0.1, 0.15) is 24.3 Å². The molecule has 10 heteroatoms. The number of imide groups is 2. The number of anilines is 2. The maximum absolute atomic E-state index is 14.2. The second-order valence-electron chi connectivity index (χ2n) is 11.4. The molecule has 3 fully saturated rings. The first-order chi connectivity index (χ1) is 20.7. The second-order valence-corrected chi connectivity index (χ2v) is 13.9. The Morgan fingerprint density at radius 2 is 1.28 bits per heavy atom. The molecule has 0 aromatic heterocycles. The van der Waals surface area contributed by atoms with Gasteiger partial charge in [0.1, 0.15) is 11.5 Å². The number of phenolic OH excluding ortho intramolecular Hbond substituents is 1. The summed E-state index contributed by atoms with van der Waals surface area (Å²) in [4.78, 5) is 58.6. The van der Waals surface area contributed by atoms with Crippen molar-refractivity contribution in [2.24, 2.45) is 29.6 Å². The summed E-state index contributed by atoms with van der Waals surface area (Å²) in [7, 11) is 1.51. The maximum Gasteiger partial charge on any atom is 0.238 e. The zero-order valence-corrected chi connectivity index (χ0v) is 27.3. The van der Waals surface area contributed by atoms with Crippen LogP contribution in [0.3, 0.4) is 0 Å². The Bertz CT molecular complexity index is 1720. The van der Waals surface area contributed by atoms with E-state index in [1.54, 1.807) is 36.4 Å². The fraction of sp³-hybridized carbons (Fsp3) is 0.273. The molecule has 2 aliphatic heterocycles. The molecule has 8 nitrogen and oxygen atoms in total. The van der Waals surface area contributed by atoms with Gasteiger partial charge in [0.15, 0.2) is 0 Å². The number of aromatic hydroxyl groups is 1. The Kier molecular flexibility index (Phi) is 7.11. The van der Waals surface area contributed by atoms with Gasteiger partial charge in [-0.1, -0.05) is 17.7 Å². The summed E-state index contributed by atoms with van der Waals surface area (Å²) in [5.74, 6) is -4.53. The highest BCUT2D eigenvalue weighted by Gasteiger charge is 2.62. The van der Waals surface area contributed by atoms with E-state index in [0.29, 0.717) is 29.1 Å². The number of allylic oxidation sites excluding steroid dienone is 2. The van der Waals surface area contributed by atoms with Crippen LogP contribution in [0.2, 0.25) is 0 Å². The minimum atomic E-state index is -0.760. The van der Waals surface area contributed by atoms with Crippen molar-refractivity contribution in [1.82, 2.24) is 0 Å². The van der Waals surface area contributed by atoms with Crippen molar-refractivity contribution >= 4 is 80.2 Å². The predicted molar refractivity (Wildman–Crippen MR) is 175 cm³/mol. The molecule has 1 saturated carbocycles. The van der Waals surface area contributed by atoms with Crippen LogP contribution < -0.4 is 14.5 Å². The molecule has 0 spiro atoms. The average molecular weight is 800 g/mol. The van der Waals surface area contributed by atoms with E-state index in [2.05, 4.69) is 45.2 Å². The van der Waals surface area contributed by atoms with Gasteiger partial charge in [0.05, 0.1) is 42.2 Å². The number of amides is 4. The molecule has 1 N–H and O–H groups in total. The van der Waals surface area contributed by atoms with E-state index in [4.69, 9.17) is 4.74 Å². The SMILES string of the molecule is COc1ccc(C2C3=CCC4C(=O)N(c5ccc(I)cc5)C(=O)C4C3CC3C(=O)N(c4ccc(I)cc4)C(=O)C32)c(O)c1. The summed E-state index contributed by atoms with van der Waals surface area (Å²) in [5, 5.41) is 11.2. The van der Waals surface area contributed by atoms with Gasteiger partial charge in [-0.3, -0.25) is 29.0 Å². The Morgan fingerprint density at radius 1 is 0.721 bits per heavy atom. The number of phenols is 1. The lowest BCUT2D eigenvalue weighted by Gasteiger charge is -2.44. The molecular formula is C33H26I2N2O6. The van der Waals surface area contributed by atoms with E-state index in [9.17, 15) is 24.3 Å². The molecule has 2 aliphatic carbocycles. The van der Waals surface area contributed by atoms with Gasteiger partial charge in [0.2, 0.25) is 23.6 Å². The highest BCUT2D eigenvalue weighted by Crippen LogP contribution is 2.59. The van der Waals surface area contributed by atoms with Gasteiger partial charge in [0.25, 0.3) is 0 Å². The number of hydrogen-bond donors (Lipinski definition) is 1. The second kappa shape index (κ2) is 10.7. The Labute approximate surface area is 275 Å². The van der Waals surface area contributed by atoms with Crippen LogP contribution >= 0.6 is 45.2 Å². The molecule has 43 heavy (non-hydrogen) atoms. The normalized spacial score (nSPS) is 28.0. The van der Waals surface area contributed by atoms with Gasteiger partial charge in [-0.05, 0) is 119 Å². The van der Waals surface area contributed by atoms with Crippen LogP contribution in [-0.2, 0) is 19.2 Å². The predicted octanol–water partition coefficient (Wildman–Crippen LogP) is 5.66. The van der Waals surface area contributed by atoms with Crippen LogP contribution in [0.5, 0.6) is 11.5 Å². The van der Waals surface area contributed by atoms with E-state index in [1.165, 1.54) is 23.0 Å². The number of methoxy groups -OCH3 is 1. The first kappa shape index (κ1) is 28.5. The van der Waals surface area contributed by atoms with Crippen LogP contribution in [0.4, 0.5) is 11.4 Å². The molecule has 218 valence electrons. The minimum Gasteiger partial charge on any atom is -0.508 e. The fourth-order valence-electron chi connectivity index (χ4n) is 7.54. The van der Waals surface area contributed by atoms with Crippen molar-refractivity contribution in [2.75, 3.05) is 16.9 Å². The molecule has 4 amide bonds. The summed E-state index contributed by atoms with van der Waals surface area (Å²) in [6.07, 6.45) is 2.59. The zero-order chi connectivity index (χ0) is 30.2. The first-order valence-electron chi connectivity index (χ1n) is 14.0. The van der Waals surface area contributed by atoms with Gasteiger partial charge in [-0.15, -0.1) is 0 Å². The summed E-state index contributed by atoms with van der Waals surface area (Å²) >= 11 is 4.35. The lowest BCUT2D eigenvalue weighted by atomic mass is 9.57. The molecule has 7 rings (SSSR count).